The fourth-order valence-corrected chi connectivity index (χ4v) is 2.10. The minimum atomic E-state index is 0.997. The fraction of sp³-hybridized carbons (Fsp3) is 0.571. The van der Waals surface area contributed by atoms with E-state index in [2.05, 4.69) is 64.4 Å². The van der Waals surface area contributed by atoms with Crippen molar-refractivity contribution in [3.8, 4) is 0 Å². The first-order valence-corrected chi connectivity index (χ1v) is 7.16. The molecule has 0 atom stereocenters. The summed E-state index contributed by atoms with van der Waals surface area (Å²) >= 11 is 3.58. The van der Waals surface area contributed by atoms with Gasteiger partial charge in [0.25, 0.3) is 0 Å². The van der Waals surface area contributed by atoms with E-state index in [1.54, 1.807) is 0 Å². The van der Waals surface area contributed by atoms with Gasteiger partial charge in [-0.2, -0.15) is 0 Å². The van der Waals surface area contributed by atoms with Crippen LogP contribution >= 0.6 is 15.9 Å². The predicted molar refractivity (Wildman–Crippen MR) is 78.3 cm³/mol. The van der Waals surface area contributed by atoms with Crippen LogP contribution in [0.3, 0.4) is 0 Å². The normalized spacial score (nSPS) is 11.1. The van der Waals surface area contributed by atoms with Crippen molar-refractivity contribution in [2.45, 2.75) is 26.3 Å². The molecule has 3 heteroatoms. The van der Waals surface area contributed by atoms with Crippen LogP contribution < -0.4 is 5.32 Å². The third kappa shape index (κ3) is 6.20. The first-order chi connectivity index (χ1) is 8.24. The summed E-state index contributed by atoms with van der Waals surface area (Å²) in [6.07, 6.45) is 2.54. The van der Waals surface area contributed by atoms with E-state index in [0.29, 0.717) is 0 Å². The molecule has 0 aromatic heterocycles. The molecule has 0 bridgehead atoms. The Balaban J connectivity index is 2.21. The summed E-state index contributed by atoms with van der Waals surface area (Å²) in [7, 11) is 2.17. The van der Waals surface area contributed by atoms with E-state index in [9.17, 15) is 0 Å². The van der Waals surface area contributed by atoms with Gasteiger partial charge in [0, 0.05) is 24.1 Å². The SMILES string of the molecule is CCCCNCCN(C)Cc1ccccc1Br. The Morgan fingerprint density at radius 2 is 2.00 bits per heavy atom. The number of nitrogens with zero attached hydrogens (tertiary/aromatic N) is 1. The van der Waals surface area contributed by atoms with E-state index in [1.807, 2.05) is 0 Å². The van der Waals surface area contributed by atoms with Crippen LogP contribution in [0.5, 0.6) is 0 Å². The lowest BCUT2D eigenvalue weighted by molar-refractivity contribution is 0.323. The molecule has 1 rings (SSSR count). The largest absolute Gasteiger partial charge is 0.315 e. The van der Waals surface area contributed by atoms with Gasteiger partial charge in [0.05, 0.1) is 0 Å². The quantitative estimate of drug-likeness (QED) is 0.741. The molecule has 0 amide bonds. The van der Waals surface area contributed by atoms with Gasteiger partial charge in [0.2, 0.25) is 0 Å². The van der Waals surface area contributed by atoms with Crippen LogP contribution in [-0.4, -0.2) is 31.6 Å². The Hall–Kier alpha value is -0.380. The van der Waals surface area contributed by atoms with Crippen molar-refractivity contribution in [1.82, 2.24) is 10.2 Å². The maximum absolute atomic E-state index is 3.58. The second-order valence-electron chi connectivity index (χ2n) is 4.43. The number of likely N-dealkylation sites (N-methyl/N-ethyl adjacent to an activating group) is 1. The number of hydrogen-bond acceptors (Lipinski definition) is 2. The topological polar surface area (TPSA) is 15.3 Å². The smallest absolute Gasteiger partial charge is 0.0242 e. The fourth-order valence-electron chi connectivity index (χ4n) is 1.69. The molecule has 0 saturated heterocycles. The maximum Gasteiger partial charge on any atom is 0.0242 e. The molecule has 0 aliphatic rings. The van der Waals surface area contributed by atoms with Crippen molar-refractivity contribution in [1.29, 1.82) is 0 Å². The predicted octanol–water partition coefficient (Wildman–Crippen LogP) is 3.27. The van der Waals surface area contributed by atoms with Gasteiger partial charge in [-0.05, 0) is 31.6 Å². The second kappa shape index (κ2) is 8.67. The number of nitrogens with one attached hydrogen (secondary N) is 1. The van der Waals surface area contributed by atoms with Crippen LogP contribution in [0.2, 0.25) is 0 Å². The monoisotopic (exact) mass is 298 g/mol. The van der Waals surface area contributed by atoms with E-state index < -0.39 is 0 Å². The number of halogens is 1. The van der Waals surface area contributed by atoms with Crippen molar-refractivity contribution in [3.05, 3.63) is 34.3 Å². The van der Waals surface area contributed by atoms with E-state index in [-0.39, 0.29) is 0 Å². The number of hydrogen-bond donors (Lipinski definition) is 1. The van der Waals surface area contributed by atoms with Gasteiger partial charge in [0.15, 0.2) is 0 Å². The van der Waals surface area contributed by atoms with E-state index in [1.165, 1.54) is 22.9 Å². The average Bonchev–Trinajstić information content (AvgIpc) is 2.32. The highest BCUT2D eigenvalue weighted by Gasteiger charge is 2.02. The minimum Gasteiger partial charge on any atom is -0.315 e. The third-order valence-corrected chi connectivity index (χ3v) is 3.55. The molecule has 2 nitrogen and oxygen atoms in total. The van der Waals surface area contributed by atoms with E-state index >= 15 is 0 Å². The highest BCUT2D eigenvalue weighted by molar-refractivity contribution is 9.10. The van der Waals surface area contributed by atoms with Crippen molar-refractivity contribution in [3.63, 3.8) is 0 Å². The van der Waals surface area contributed by atoms with Gasteiger partial charge >= 0.3 is 0 Å². The van der Waals surface area contributed by atoms with Gasteiger partial charge in [-0.1, -0.05) is 47.5 Å². The van der Waals surface area contributed by atoms with Crippen molar-refractivity contribution in [2.75, 3.05) is 26.7 Å². The summed E-state index contributed by atoms with van der Waals surface area (Å²) in [4.78, 5) is 2.35. The lowest BCUT2D eigenvalue weighted by atomic mass is 10.2. The molecule has 0 spiro atoms. The first kappa shape index (κ1) is 14.7. The Morgan fingerprint density at radius 3 is 2.71 bits per heavy atom. The lowest BCUT2D eigenvalue weighted by Gasteiger charge is -2.17. The zero-order valence-electron chi connectivity index (χ0n) is 10.9. The van der Waals surface area contributed by atoms with Gasteiger partial charge < -0.3 is 10.2 Å². The summed E-state index contributed by atoms with van der Waals surface area (Å²) in [5.41, 5.74) is 1.35. The standard InChI is InChI=1S/C14H23BrN2/c1-3-4-9-16-10-11-17(2)12-13-7-5-6-8-14(13)15/h5-8,16H,3-4,9-12H2,1-2H3. The molecule has 0 fully saturated rings. The van der Waals surface area contributed by atoms with Crippen LogP contribution in [0.15, 0.2) is 28.7 Å². The molecule has 1 aromatic carbocycles. The molecule has 96 valence electrons. The molecule has 17 heavy (non-hydrogen) atoms. The van der Waals surface area contributed by atoms with E-state index in [0.717, 1.165) is 26.2 Å². The molecule has 0 aliphatic carbocycles. The zero-order chi connectivity index (χ0) is 12.5. The van der Waals surface area contributed by atoms with Gasteiger partial charge in [-0.25, -0.2) is 0 Å². The van der Waals surface area contributed by atoms with Crippen LogP contribution in [0.4, 0.5) is 0 Å². The molecule has 0 unspecified atom stereocenters. The lowest BCUT2D eigenvalue weighted by Crippen LogP contribution is -2.29. The molecule has 1 aromatic rings. The zero-order valence-corrected chi connectivity index (χ0v) is 12.5. The number of unbranched alkanes of at least 4 members (excludes halogenated alkanes) is 1. The number of benzene rings is 1. The van der Waals surface area contributed by atoms with Crippen molar-refractivity contribution >= 4 is 15.9 Å². The van der Waals surface area contributed by atoms with E-state index in [4.69, 9.17) is 0 Å². The summed E-state index contributed by atoms with van der Waals surface area (Å²) in [5.74, 6) is 0. The van der Waals surface area contributed by atoms with Gasteiger partial charge in [-0.3, -0.25) is 0 Å². The summed E-state index contributed by atoms with van der Waals surface area (Å²) < 4.78 is 1.20. The van der Waals surface area contributed by atoms with Crippen LogP contribution in [0.25, 0.3) is 0 Å². The van der Waals surface area contributed by atoms with Gasteiger partial charge in [-0.15, -0.1) is 0 Å². The summed E-state index contributed by atoms with van der Waals surface area (Å²) in [5, 5.41) is 3.46. The van der Waals surface area contributed by atoms with Crippen LogP contribution in [0.1, 0.15) is 25.3 Å². The van der Waals surface area contributed by atoms with Crippen molar-refractivity contribution < 1.29 is 0 Å². The molecule has 0 aliphatic heterocycles. The molecular weight excluding hydrogens is 276 g/mol. The third-order valence-electron chi connectivity index (χ3n) is 2.78. The summed E-state index contributed by atoms with van der Waals surface area (Å²) in [6.45, 7) is 6.52. The highest BCUT2D eigenvalue weighted by atomic mass is 79.9. The first-order valence-electron chi connectivity index (χ1n) is 6.36. The maximum atomic E-state index is 3.58. The Bertz CT molecular complexity index is 315. The van der Waals surface area contributed by atoms with Gasteiger partial charge in [0.1, 0.15) is 0 Å². The van der Waals surface area contributed by atoms with Crippen LogP contribution in [-0.2, 0) is 6.54 Å². The Labute approximate surface area is 114 Å². The molecule has 0 radical (unpaired) electrons. The molecular formula is C14H23BrN2. The highest BCUT2D eigenvalue weighted by Crippen LogP contribution is 2.16. The average molecular weight is 299 g/mol. The van der Waals surface area contributed by atoms with Crippen LogP contribution in [0, 0.1) is 0 Å². The molecule has 0 heterocycles. The van der Waals surface area contributed by atoms with Crippen molar-refractivity contribution in [2.24, 2.45) is 0 Å². The Kier molecular flexibility index (Phi) is 7.49. The number of rotatable bonds is 8. The minimum absolute atomic E-state index is 0.997. The Morgan fingerprint density at radius 1 is 1.24 bits per heavy atom. The summed E-state index contributed by atoms with van der Waals surface area (Å²) in [6, 6.07) is 8.42. The molecule has 0 saturated carbocycles. The second-order valence-corrected chi connectivity index (χ2v) is 5.29. The molecule has 1 N–H and O–H groups in total.